The van der Waals surface area contributed by atoms with E-state index in [1.807, 2.05) is 18.5 Å². The van der Waals surface area contributed by atoms with E-state index in [0.717, 1.165) is 74.7 Å². The van der Waals surface area contributed by atoms with Crippen molar-refractivity contribution in [2.24, 2.45) is 5.92 Å². The number of nitrogens with one attached hydrogen (secondary N) is 3. The van der Waals surface area contributed by atoms with Crippen molar-refractivity contribution in [3.63, 3.8) is 0 Å². The van der Waals surface area contributed by atoms with Crippen LogP contribution in [0.4, 0.5) is 0 Å². The van der Waals surface area contributed by atoms with Crippen LogP contribution in [0.2, 0.25) is 0 Å². The molecule has 7 nitrogen and oxygen atoms in total. The second kappa shape index (κ2) is 9.58. The van der Waals surface area contributed by atoms with Gasteiger partial charge in [0.25, 0.3) is 0 Å². The second-order valence-electron chi connectivity index (χ2n) is 10.5. The molecule has 1 aliphatic rings. The van der Waals surface area contributed by atoms with Crippen LogP contribution in [0, 0.1) is 12.8 Å². The molecule has 0 bridgehead atoms. The summed E-state index contributed by atoms with van der Waals surface area (Å²) in [4.78, 5) is 13.0. The van der Waals surface area contributed by atoms with Crippen molar-refractivity contribution in [2.75, 3.05) is 6.54 Å². The van der Waals surface area contributed by atoms with Gasteiger partial charge in [0.15, 0.2) is 0 Å². The Morgan fingerprint density at radius 3 is 2.79 bits per heavy atom. The van der Waals surface area contributed by atoms with Gasteiger partial charge in [-0.15, -0.1) is 0 Å². The van der Waals surface area contributed by atoms with Gasteiger partial charge in [-0.05, 0) is 74.2 Å². The molecule has 0 atom stereocenters. The maximum Gasteiger partial charge on any atom is 0.135 e. The lowest BCUT2D eigenvalue weighted by Crippen LogP contribution is -2.20. The lowest BCUT2D eigenvalue weighted by molar-refractivity contribution is 0.489. The number of furan rings is 1. The lowest BCUT2D eigenvalue weighted by Gasteiger charge is -2.12. The molecule has 7 heteroatoms. The zero-order chi connectivity index (χ0) is 25.5. The number of aryl methyl sites for hydroxylation is 1. The number of fused-ring (bicyclic) bond motifs is 2. The Kier molecular flexibility index (Phi) is 5.78. The van der Waals surface area contributed by atoms with Crippen molar-refractivity contribution in [3.05, 3.63) is 78.5 Å². The summed E-state index contributed by atoms with van der Waals surface area (Å²) < 4.78 is 5.30. The molecule has 190 valence electrons. The number of nitrogens with zero attached hydrogens (tertiary/aromatic N) is 3. The summed E-state index contributed by atoms with van der Waals surface area (Å²) in [5, 5.41) is 12.5. The molecule has 0 unspecified atom stereocenters. The molecule has 0 aliphatic heterocycles. The van der Waals surface area contributed by atoms with E-state index < -0.39 is 0 Å². The highest BCUT2D eigenvalue weighted by atomic mass is 16.3. The smallest absolute Gasteiger partial charge is 0.135 e. The predicted octanol–water partition coefficient (Wildman–Crippen LogP) is 7.02. The quantitative estimate of drug-likeness (QED) is 0.218. The molecule has 38 heavy (non-hydrogen) atoms. The molecule has 0 amide bonds. The number of pyridine rings is 2. The Labute approximate surface area is 220 Å². The minimum atomic E-state index is 0.794. The largest absolute Gasteiger partial charge is 0.472 e. The van der Waals surface area contributed by atoms with Crippen molar-refractivity contribution >= 4 is 21.9 Å². The molecule has 5 heterocycles. The highest BCUT2D eigenvalue weighted by molar-refractivity contribution is 5.99. The van der Waals surface area contributed by atoms with Crippen LogP contribution < -0.4 is 5.32 Å². The zero-order valence-corrected chi connectivity index (χ0v) is 21.4. The molecule has 0 radical (unpaired) electrons. The lowest BCUT2D eigenvalue weighted by atomic mass is 10.0. The molecular weight excluding hydrogens is 472 g/mol. The highest BCUT2D eigenvalue weighted by Gasteiger charge is 2.17. The van der Waals surface area contributed by atoms with Gasteiger partial charge < -0.3 is 14.7 Å². The summed E-state index contributed by atoms with van der Waals surface area (Å²) in [6, 6.07) is 14.9. The fourth-order valence-corrected chi connectivity index (χ4v) is 5.82. The Morgan fingerprint density at radius 1 is 1.00 bits per heavy atom. The Balaban J connectivity index is 1.22. The molecule has 1 saturated carbocycles. The van der Waals surface area contributed by atoms with Gasteiger partial charge in [0, 0.05) is 34.8 Å². The first-order valence-corrected chi connectivity index (χ1v) is 13.4. The van der Waals surface area contributed by atoms with Crippen LogP contribution in [0.3, 0.4) is 0 Å². The Bertz CT molecular complexity index is 1720. The molecule has 5 aromatic heterocycles. The van der Waals surface area contributed by atoms with Gasteiger partial charge in [-0.3, -0.25) is 10.1 Å². The fraction of sp³-hybridized carbons (Fsp3) is 0.258. The second-order valence-corrected chi connectivity index (χ2v) is 10.5. The summed E-state index contributed by atoms with van der Waals surface area (Å²) in [6.45, 7) is 4.14. The molecule has 7 rings (SSSR count). The third kappa shape index (κ3) is 4.29. The average molecular weight is 503 g/mol. The summed E-state index contributed by atoms with van der Waals surface area (Å²) in [5.74, 6) is 0.832. The minimum Gasteiger partial charge on any atom is -0.472 e. The number of aromatic nitrogens is 5. The number of hydrogen-bond donors (Lipinski definition) is 3. The van der Waals surface area contributed by atoms with E-state index in [1.165, 1.54) is 36.8 Å². The van der Waals surface area contributed by atoms with Crippen LogP contribution in [-0.2, 0) is 6.54 Å². The number of hydrogen-bond acceptors (Lipinski definition) is 5. The van der Waals surface area contributed by atoms with Crippen molar-refractivity contribution in [3.8, 4) is 33.8 Å². The Hall–Kier alpha value is -4.23. The van der Waals surface area contributed by atoms with Crippen molar-refractivity contribution in [2.45, 2.75) is 39.2 Å². The van der Waals surface area contributed by atoms with Crippen molar-refractivity contribution in [1.29, 1.82) is 0 Å². The van der Waals surface area contributed by atoms with E-state index in [0.29, 0.717) is 0 Å². The van der Waals surface area contributed by atoms with E-state index in [4.69, 9.17) is 9.40 Å². The molecule has 3 N–H and O–H groups in total. The SMILES string of the molecule is Cc1cc(CNCC2CCCC2)cc(-c2ccc3[nH]nc(-c4cc5c(-c6ccoc6)cncc5[nH]4)c3n2)c1. The van der Waals surface area contributed by atoms with Gasteiger partial charge in [0.2, 0.25) is 0 Å². The number of H-pyrrole nitrogens is 2. The van der Waals surface area contributed by atoms with E-state index in [1.54, 1.807) is 12.5 Å². The third-order valence-electron chi connectivity index (χ3n) is 7.71. The summed E-state index contributed by atoms with van der Waals surface area (Å²) in [5.41, 5.74) is 11.0. The topological polar surface area (TPSA) is 95.4 Å². The monoisotopic (exact) mass is 502 g/mol. The first kappa shape index (κ1) is 22.9. The molecule has 6 aromatic rings. The van der Waals surface area contributed by atoms with Crippen LogP contribution in [-0.4, -0.2) is 31.7 Å². The van der Waals surface area contributed by atoms with Gasteiger partial charge in [0.05, 0.1) is 41.1 Å². The normalized spacial score (nSPS) is 14.2. The van der Waals surface area contributed by atoms with Crippen LogP contribution in [0.15, 0.2) is 71.8 Å². The molecule has 0 saturated heterocycles. The average Bonchev–Trinajstić information content (AvgIpc) is 3.74. The van der Waals surface area contributed by atoms with Crippen molar-refractivity contribution in [1.82, 2.24) is 30.5 Å². The van der Waals surface area contributed by atoms with Crippen LogP contribution in [0.25, 0.3) is 55.7 Å². The maximum atomic E-state index is 5.30. The molecule has 1 aliphatic carbocycles. The third-order valence-corrected chi connectivity index (χ3v) is 7.71. The van der Waals surface area contributed by atoms with Crippen LogP contribution >= 0.6 is 0 Å². The van der Waals surface area contributed by atoms with E-state index >= 15 is 0 Å². The van der Waals surface area contributed by atoms with E-state index in [2.05, 4.69) is 68.8 Å². The first-order valence-electron chi connectivity index (χ1n) is 13.4. The standard InChI is InChI=1S/C31H30N6O/c1-19-10-21(15-32-14-20-4-2-3-5-20)12-23(11-19)26-6-7-27-30(35-26)31(37-36-27)28-13-24-25(22-8-9-38-18-22)16-33-17-29(24)34-28/h6-13,16-18,20,32,34H,2-5,14-15H2,1H3,(H,36,37). The molecule has 1 fully saturated rings. The zero-order valence-electron chi connectivity index (χ0n) is 21.4. The van der Waals surface area contributed by atoms with Crippen LogP contribution in [0.1, 0.15) is 36.8 Å². The first-order chi connectivity index (χ1) is 18.7. The Morgan fingerprint density at radius 2 is 1.92 bits per heavy atom. The molecule has 1 aromatic carbocycles. The predicted molar refractivity (Wildman–Crippen MR) is 151 cm³/mol. The van der Waals surface area contributed by atoms with Crippen molar-refractivity contribution < 1.29 is 4.42 Å². The van der Waals surface area contributed by atoms with Crippen LogP contribution in [0.5, 0.6) is 0 Å². The molecular formula is C31H30N6O. The minimum absolute atomic E-state index is 0.794. The number of aromatic amines is 2. The summed E-state index contributed by atoms with van der Waals surface area (Å²) in [7, 11) is 0. The fourth-order valence-electron chi connectivity index (χ4n) is 5.82. The number of rotatable bonds is 7. The van der Waals surface area contributed by atoms with Gasteiger partial charge in [-0.25, -0.2) is 4.98 Å². The summed E-state index contributed by atoms with van der Waals surface area (Å²) >= 11 is 0. The summed E-state index contributed by atoms with van der Waals surface area (Å²) in [6.07, 6.45) is 12.6. The van der Waals surface area contributed by atoms with Gasteiger partial charge >= 0.3 is 0 Å². The van der Waals surface area contributed by atoms with E-state index in [9.17, 15) is 0 Å². The van der Waals surface area contributed by atoms with Gasteiger partial charge in [-0.2, -0.15) is 5.10 Å². The molecule has 0 spiro atoms. The van der Waals surface area contributed by atoms with E-state index in [-0.39, 0.29) is 0 Å². The number of benzene rings is 1. The highest BCUT2D eigenvalue weighted by Crippen LogP contribution is 2.34. The maximum absolute atomic E-state index is 5.30. The van der Waals surface area contributed by atoms with Gasteiger partial charge in [0.1, 0.15) is 11.2 Å². The van der Waals surface area contributed by atoms with Gasteiger partial charge in [-0.1, -0.05) is 24.5 Å².